The molecule has 0 radical (unpaired) electrons. The zero-order chi connectivity index (χ0) is 11.6. The van der Waals surface area contributed by atoms with Crippen LogP contribution in [0, 0.1) is 11.3 Å². The van der Waals surface area contributed by atoms with Crippen molar-refractivity contribution in [2.45, 2.75) is 6.36 Å². The van der Waals surface area contributed by atoms with E-state index in [2.05, 4.69) is 9.72 Å². The van der Waals surface area contributed by atoms with Gasteiger partial charge in [0.05, 0.1) is 0 Å². The SMILES string of the molecule is N#Cc1cc(N)nc(OC(F)(F)F)c1O. The number of nitrogens with two attached hydrogens (primary N) is 1. The molecule has 1 rings (SSSR count). The fourth-order valence-corrected chi connectivity index (χ4v) is 0.800. The summed E-state index contributed by atoms with van der Waals surface area (Å²) >= 11 is 0. The summed E-state index contributed by atoms with van der Waals surface area (Å²) in [4.78, 5) is 3.10. The van der Waals surface area contributed by atoms with E-state index < -0.39 is 23.6 Å². The second-order valence-electron chi connectivity index (χ2n) is 2.41. The molecule has 0 aromatic carbocycles. The number of alkyl halides is 3. The lowest BCUT2D eigenvalue weighted by atomic mass is 10.2. The fraction of sp³-hybridized carbons (Fsp3) is 0.143. The Hall–Kier alpha value is -2.17. The van der Waals surface area contributed by atoms with Crippen LogP contribution in [0.2, 0.25) is 0 Å². The molecule has 0 atom stereocenters. The number of nitriles is 1. The minimum Gasteiger partial charge on any atom is -0.502 e. The lowest BCUT2D eigenvalue weighted by Crippen LogP contribution is -2.18. The van der Waals surface area contributed by atoms with Gasteiger partial charge in [0.25, 0.3) is 5.88 Å². The Bertz CT molecular complexity index is 425. The molecule has 0 amide bonds. The zero-order valence-corrected chi connectivity index (χ0v) is 7.04. The van der Waals surface area contributed by atoms with Gasteiger partial charge in [0.1, 0.15) is 17.5 Å². The van der Waals surface area contributed by atoms with Crippen molar-refractivity contribution in [3.8, 4) is 17.7 Å². The van der Waals surface area contributed by atoms with E-state index in [0.717, 1.165) is 6.07 Å². The lowest BCUT2D eigenvalue weighted by Gasteiger charge is -2.10. The van der Waals surface area contributed by atoms with E-state index in [1.165, 1.54) is 6.07 Å². The van der Waals surface area contributed by atoms with Crippen LogP contribution >= 0.6 is 0 Å². The average Bonchev–Trinajstić information content (AvgIpc) is 2.08. The van der Waals surface area contributed by atoms with E-state index >= 15 is 0 Å². The highest BCUT2D eigenvalue weighted by Crippen LogP contribution is 2.32. The van der Waals surface area contributed by atoms with Gasteiger partial charge in [-0.2, -0.15) is 10.2 Å². The van der Waals surface area contributed by atoms with Gasteiger partial charge in [0, 0.05) is 6.07 Å². The van der Waals surface area contributed by atoms with Crippen molar-refractivity contribution in [2.75, 3.05) is 5.73 Å². The summed E-state index contributed by atoms with van der Waals surface area (Å²) < 4.78 is 38.7. The van der Waals surface area contributed by atoms with Gasteiger partial charge in [0.15, 0.2) is 5.75 Å². The van der Waals surface area contributed by atoms with E-state index in [9.17, 15) is 13.2 Å². The summed E-state index contributed by atoms with van der Waals surface area (Å²) in [6.45, 7) is 0. The second-order valence-corrected chi connectivity index (χ2v) is 2.41. The maximum Gasteiger partial charge on any atom is 0.574 e. The molecule has 0 aliphatic rings. The predicted molar refractivity (Wildman–Crippen MR) is 41.7 cm³/mol. The first-order valence-electron chi connectivity index (χ1n) is 3.49. The summed E-state index contributed by atoms with van der Waals surface area (Å²) in [5.74, 6) is -2.49. The number of nitrogen functional groups attached to an aromatic ring is 1. The average molecular weight is 219 g/mol. The third kappa shape index (κ3) is 2.63. The van der Waals surface area contributed by atoms with Crippen LogP contribution < -0.4 is 10.5 Å². The molecule has 5 nitrogen and oxygen atoms in total. The Morgan fingerprint density at radius 1 is 1.53 bits per heavy atom. The zero-order valence-electron chi connectivity index (χ0n) is 7.04. The van der Waals surface area contributed by atoms with Crippen LogP contribution in [0.3, 0.4) is 0 Å². The molecular formula is C7H4F3N3O2. The minimum atomic E-state index is -5.01. The summed E-state index contributed by atoms with van der Waals surface area (Å²) in [5.41, 5.74) is 4.66. The Labute approximate surface area is 81.5 Å². The molecule has 80 valence electrons. The Kier molecular flexibility index (Phi) is 2.57. The number of pyridine rings is 1. The highest BCUT2D eigenvalue weighted by Gasteiger charge is 2.33. The van der Waals surface area contributed by atoms with Gasteiger partial charge >= 0.3 is 6.36 Å². The largest absolute Gasteiger partial charge is 0.574 e. The monoisotopic (exact) mass is 219 g/mol. The number of hydrogen-bond donors (Lipinski definition) is 2. The first-order chi connectivity index (χ1) is 6.83. The Morgan fingerprint density at radius 3 is 2.60 bits per heavy atom. The van der Waals surface area contributed by atoms with Crippen molar-refractivity contribution in [1.29, 1.82) is 5.26 Å². The normalized spacial score (nSPS) is 10.8. The molecule has 1 heterocycles. The van der Waals surface area contributed by atoms with Gasteiger partial charge in [-0.25, -0.2) is 0 Å². The quantitative estimate of drug-likeness (QED) is 0.738. The van der Waals surface area contributed by atoms with Crippen LogP contribution in [0.4, 0.5) is 19.0 Å². The maximum atomic E-state index is 11.8. The minimum absolute atomic E-state index is 0.358. The second kappa shape index (κ2) is 3.53. The van der Waals surface area contributed by atoms with Crippen molar-refractivity contribution in [3.63, 3.8) is 0 Å². The standard InChI is InChI=1S/C7H4F3N3O2/c8-7(9,10)15-6-5(14)3(2-11)1-4(12)13-6/h1,14H,(H2,12,13). The smallest absolute Gasteiger partial charge is 0.502 e. The summed E-state index contributed by atoms with van der Waals surface area (Å²) in [5, 5.41) is 17.5. The van der Waals surface area contributed by atoms with Crippen molar-refractivity contribution in [3.05, 3.63) is 11.6 Å². The number of ether oxygens (including phenoxy) is 1. The summed E-state index contributed by atoms with van der Waals surface area (Å²) in [6.07, 6.45) is -5.01. The molecule has 0 saturated heterocycles. The molecule has 15 heavy (non-hydrogen) atoms. The molecule has 0 unspecified atom stereocenters. The Morgan fingerprint density at radius 2 is 2.13 bits per heavy atom. The summed E-state index contributed by atoms with van der Waals surface area (Å²) in [6, 6.07) is 2.37. The van der Waals surface area contributed by atoms with Gasteiger partial charge < -0.3 is 15.6 Å². The summed E-state index contributed by atoms with van der Waals surface area (Å²) in [7, 11) is 0. The predicted octanol–water partition coefficient (Wildman–Crippen LogP) is 1.14. The van der Waals surface area contributed by atoms with Crippen LogP contribution in [-0.4, -0.2) is 16.5 Å². The molecule has 3 N–H and O–H groups in total. The number of anilines is 1. The van der Waals surface area contributed by atoms with E-state index in [0.29, 0.717) is 0 Å². The van der Waals surface area contributed by atoms with Crippen LogP contribution in [0.1, 0.15) is 5.56 Å². The van der Waals surface area contributed by atoms with Crippen molar-refractivity contribution in [2.24, 2.45) is 0 Å². The van der Waals surface area contributed by atoms with Gasteiger partial charge in [-0.05, 0) is 0 Å². The molecule has 0 aliphatic carbocycles. The first-order valence-corrected chi connectivity index (χ1v) is 3.49. The molecule has 0 aliphatic heterocycles. The van der Waals surface area contributed by atoms with Gasteiger partial charge in [0.2, 0.25) is 0 Å². The van der Waals surface area contributed by atoms with Gasteiger partial charge in [-0.1, -0.05) is 0 Å². The first kappa shape index (κ1) is 10.9. The number of aromatic nitrogens is 1. The molecular weight excluding hydrogens is 215 g/mol. The van der Waals surface area contributed by atoms with E-state index in [1.807, 2.05) is 0 Å². The number of aromatic hydroxyl groups is 1. The number of nitrogens with zero attached hydrogens (tertiary/aromatic N) is 2. The highest BCUT2D eigenvalue weighted by atomic mass is 19.4. The molecule has 0 saturated carbocycles. The fourth-order valence-electron chi connectivity index (χ4n) is 0.800. The molecule has 0 fully saturated rings. The third-order valence-electron chi connectivity index (χ3n) is 1.31. The van der Waals surface area contributed by atoms with Gasteiger partial charge in [-0.3, -0.25) is 0 Å². The van der Waals surface area contributed by atoms with Gasteiger partial charge in [-0.15, -0.1) is 13.2 Å². The highest BCUT2D eigenvalue weighted by molar-refractivity contribution is 5.53. The topological polar surface area (TPSA) is 92.2 Å². The van der Waals surface area contributed by atoms with Crippen molar-refractivity contribution in [1.82, 2.24) is 4.98 Å². The van der Waals surface area contributed by atoms with Crippen LogP contribution in [-0.2, 0) is 0 Å². The molecule has 1 aromatic heterocycles. The lowest BCUT2D eigenvalue weighted by molar-refractivity contribution is -0.276. The van der Waals surface area contributed by atoms with Crippen LogP contribution in [0.15, 0.2) is 6.07 Å². The Balaban J connectivity index is 3.20. The van der Waals surface area contributed by atoms with E-state index in [1.54, 1.807) is 0 Å². The molecule has 0 spiro atoms. The maximum absolute atomic E-state index is 11.8. The van der Waals surface area contributed by atoms with E-state index in [4.69, 9.17) is 16.1 Å². The third-order valence-corrected chi connectivity index (χ3v) is 1.31. The number of halogens is 3. The van der Waals surface area contributed by atoms with Crippen molar-refractivity contribution < 1.29 is 23.0 Å². The number of hydrogen-bond acceptors (Lipinski definition) is 5. The van der Waals surface area contributed by atoms with Crippen LogP contribution in [0.5, 0.6) is 11.6 Å². The van der Waals surface area contributed by atoms with Crippen molar-refractivity contribution >= 4 is 5.82 Å². The molecule has 8 heteroatoms. The van der Waals surface area contributed by atoms with E-state index in [-0.39, 0.29) is 5.82 Å². The van der Waals surface area contributed by atoms with Crippen LogP contribution in [0.25, 0.3) is 0 Å². The number of rotatable bonds is 1. The molecule has 1 aromatic rings. The molecule has 0 bridgehead atoms.